The van der Waals surface area contributed by atoms with Gasteiger partial charge in [-0.05, 0) is 12.5 Å². The molecule has 0 saturated carbocycles. The fourth-order valence-electron chi connectivity index (χ4n) is 2.42. The summed E-state index contributed by atoms with van der Waals surface area (Å²) in [6.07, 6.45) is 1.42. The van der Waals surface area contributed by atoms with Crippen molar-refractivity contribution in [1.29, 1.82) is 0 Å². The number of nitrogens with two attached hydrogens (primary N) is 1. The van der Waals surface area contributed by atoms with Gasteiger partial charge in [0.25, 0.3) is 0 Å². The van der Waals surface area contributed by atoms with Crippen molar-refractivity contribution in [3.8, 4) is 11.5 Å². The van der Waals surface area contributed by atoms with Crippen LogP contribution < -0.4 is 15.2 Å². The SMILES string of the molecule is COc1ccc(C(N)CN2C(=O)CCCC2=O)c(OC)c1. The fraction of sp³-hybridized carbons (Fsp3) is 0.467. The Labute approximate surface area is 123 Å². The standard InChI is InChI=1S/C15H20N2O4/c1-20-10-6-7-11(13(8-10)21-2)12(16)9-17-14(18)4-3-5-15(17)19/h6-8,12H,3-5,9,16H2,1-2H3. The zero-order valence-corrected chi connectivity index (χ0v) is 12.3. The average Bonchev–Trinajstić information content (AvgIpc) is 2.50. The van der Waals surface area contributed by atoms with E-state index >= 15 is 0 Å². The Bertz CT molecular complexity index is 528. The van der Waals surface area contributed by atoms with Gasteiger partial charge in [0.05, 0.1) is 20.3 Å². The lowest BCUT2D eigenvalue weighted by atomic mass is 10.0. The van der Waals surface area contributed by atoms with E-state index in [9.17, 15) is 9.59 Å². The number of piperidine rings is 1. The Morgan fingerprint density at radius 3 is 2.43 bits per heavy atom. The molecule has 1 heterocycles. The molecule has 1 aliphatic rings. The predicted octanol–water partition coefficient (Wildman–Crippen LogP) is 1.24. The van der Waals surface area contributed by atoms with Crippen LogP contribution in [0.15, 0.2) is 18.2 Å². The minimum absolute atomic E-state index is 0.158. The lowest BCUT2D eigenvalue weighted by Gasteiger charge is -2.28. The van der Waals surface area contributed by atoms with Gasteiger partial charge in [0.2, 0.25) is 11.8 Å². The van der Waals surface area contributed by atoms with Gasteiger partial charge in [0, 0.05) is 31.0 Å². The van der Waals surface area contributed by atoms with Crippen molar-refractivity contribution in [3.63, 3.8) is 0 Å². The molecule has 1 saturated heterocycles. The van der Waals surface area contributed by atoms with Gasteiger partial charge in [-0.25, -0.2) is 0 Å². The van der Waals surface area contributed by atoms with Crippen molar-refractivity contribution < 1.29 is 19.1 Å². The van der Waals surface area contributed by atoms with Crippen LogP contribution in [0.25, 0.3) is 0 Å². The van der Waals surface area contributed by atoms with Gasteiger partial charge < -0.3 is 15.2 Å². The first-order valence-electron chi connectivity index (χ1n) is 6.87. The molecular formula is C15H20N2O4. The summed E-state index contributed by atoms with van der Waals surface area (Å²) in [6.45, 7) is 0.167. The maximum Gasteiger partial charge on any atom is 0.229 e. The molecule has 6 nitrogen and oxygen atoms in total. The summed E-state index contributed by atoms with van der Waals surface area (Å²) in [7, 11) is 3.11. The van der Waals surface area contributed by atoms with Crippen molar-refractivity contribution >= 4 is 11.8 Å². The molecule has 6 heteroatoms. The summed E-state index contributed by atoms with van der Waals surface area (Å²) in [5.41, 5.74) is 6.89. The van der Waals surface area contributed by atoms with Crippen molar-refractivity contribution in [1.82, 2.24) is 4.90 Å². The van der Waals surface area contributed by atoms with Gasteiger partial charge in [0.1, 0.15) is 11.5 Å². The molecule has 114 valence electrons. The Morgan fingerprint density at radius 2 is 1.86 bits per heavy atom. The number of methoxy groups -OCH3 is 2. The van der Waals surface area contributed by atoms with E-state index in [-0.39, 0.29) is 18.4 Å². The van der Waals surface area contributed by atoms with E-state index in [4.69, 9.17) is 15.2 Å². The Balaban J connectivity index is 2.17. The average molecular weight is 292 g/mol. The van der Waals surface area contributed by atoms with Gasteiger partial charge in [-0.15, -0.1) is 0 Å². The van der Waals surface area contributed by atoms with Crippen molar-refractivity contribution in [3.05, 3.63) is 23.8 Å². The largest absolute Gasteiger partial charge is 0.497 e. The van der Waals surface area contributed by atoms with Gasteiger partial charge in [-0.2, -0.15) is 0 Å². The fourth-order valence-corrected chi connectivity index (χ4v) is 2.42. The number of hydrogen-bond donors (Lipinski definition) is 1. The topological polar surface area (TPSA) is 81.9 Å². The van der Waals surface area contributed by atoms with Gasteiger partial charge >= 0.3 is 0 Å². The molecule has 21 heavy (non-hydrogen) atoms. The molecule has 1 unspecified atom stereocenters. The van der Waals surface area contributed by atoms with E-state index in [0.29, 0.717) is 30.8 Å². The quantitative estimate of drug-likeness (QED) is 0.826. The summed E-state index contributed by atoms with van der Waals surface area (Å²) in [4.78, 5) is 24.9. The van der Waals surface area contributed by atoms with Crippen LogP contribution in [-0.4, -0.2) is 37.5 Å². The highest BCUT2D eigenvalue weighted by Crippen LogP contribution is 2.29. The van der Waals surface area contributed by atoms with E-state index in [1.54, 1.807) is 32.4 Å². The highest BCUT2D eigenvalue weighted by molar-refractivity contribution is 5.97. The van der Waals surface area contributed by atoms with E-state index in [1.165, 1.54) is 4.90 Å². The second-order valence-electron chi connectivity index (χ2n) is 4.97. The molecule has 0 spiro atoms. The highest BCUT2D eigenvalue weighted by Gasteiger charge is 2.28. The van der Waals surface area contributed by atoms with Crippen molar-refractivity contribution in [2.75, 3.05) is 20.8 Å². The highest BCUT2D eigenvalue weighted by atomic mass is 16.5. The second kappa shape index (κ2) is 6.58. The third-order valence-corrected chi connectivity index (χ3v) is 3.60. The second-order valence-corrected chi connectivity index (χ2v) is 4.97. The summed E-state index contributed by atoms with van der Waals surface area (Å²) >= 11 is 0. The summed E-state index contributed by atoms with van der Waals surface area (Å²) < 4.78 is 10.4. The number of amides is 2. The monoisotopic (exact) mass is 292 g/mol. The Kier molecular flexibility index (Phi) is 4.80. The third-order valence-electron chi connectivity index (χ3n) is 3.60. The number of rotatable bonds is 5. The molecule has 2 amide bonds. The van der Waals surface area contributed by atoms with Gasteiger partial charge in [-0.3, -0.25) is 14.5 Å². The van der Waals surface area contributed by atoms with E-state index in [1.807, 2.05) is 0 Å². The molecule has 1 aromatic rings. The van der Waals surface area contributed by atoms with Crippen LogP contribution in [0.3, 0.4) is 0 Å². The summed E-state index contributed by atoms with van der Waals surface area (Å²) in [6, 6.07) is 4.81. The van der Waals surface area contributed by atoms with Crippen LogP contribution >= 0.6 is 0 Å². The first-order chi connectivity index (χ1) is 10.1. The zero-order chi connectivity index (χ0) is 15.4. The predicted molar refractivity (Wildman–Crippen MR) is 77.0 cm³/mol. The lowest BCUT2D eigenvalue weighted by Crippen LogP contribution is -2.43. The third kappa shape index (κ3) is 3.33. The van der Waals surface area contributed by atoms with Crippen LogP contribution in [0.4, 0.5) is 0 Å². The molecular weight excluding hydrogens is 272 g/mol. The number of benzene rings is 1. The van der Waals surface area contributed by atoms with Crippen LogP contribution in [-0.2, 0) is 9.59 Å². The summed E-state index contributed by atoms with van der Waals surface area (Å²) in [5, 5.41) is 0. The molecule has 2 N–H and O–H groups in total. The summed E-state index contributed by atoms with van der Waals surface area (Å²) in [5.74, 6) is 0.926. The van der Waals surface area contributed by atoms with E-state index in [0.717, 1.165) is 5.56 Å². The number of carbonyl (C=O) groups is 2. The number of carbonyl (C=O) groups excluding carboxylic acids is 2. The van der Waals surface area contributed by atoms with Crippen molar-refractivity contribution in [2.45, 2.75) is 25.3 Å². The maximum absolute atomic E-state index is 11.8. The van der Waals surface area contributed by atoms with Crippen LogP contribution in [0.2, 0.25) is 0 Å². The molecule has 1 aliphatic heterocycles. The number of ether oxygens (including phenoxy) is 2. The molecule has 0 bridgehead atoms. The van der Waals surface area contributed by atoms with E-state index in [2.05, 4.69) is 0 Å². The molecule has 1 atom stereocenters. The number of imide groups is 1. The number of nitrogens with zero attached hydrogens (tertiary/aromatic N) is 1. The molecule has 2 rings (SSSR count). The smallest absolute Gasteiger partial charge is 0.229 e. The lowest BCUT2D eigenvalue weighted by molar-refractivity contribution is -0.148. The van der Waals surface area contributed by atoms with Crippen LogP contribution in [0.5, 0.6) is 11.5 Å². The number of likely N-dealkylation sites (tertiary alicyclic amines) is 1. The van der Waals surface area contributed by atoms with Crippen molar-refractivity contribution in [2.24, 2.45) is 5.73 Å². The minimum Gasteiger partial charge on any atom is -0.497 e. The number of hydrogen-bond acceptors (Lipinski definition) is 5. The first-order valence-corrected chi connectivity index (χ1v) is 6.87. The van der Waals surface area contributed by atoms with Crippen LogP contribution in [0, 0.1) is 0 Å². The van der Waals surface area contributed by atoms with Crippen LogP contribution in [0.1, 0.15) is 30.9 Å². The normalized spacial score (nSPS) is 16.8. The van der Waals surface area contributed by atoms with Gasteiger partial charge in [0.15, 0.2) is 0 Å². The molecule has 1 aromatic carbocycles. The molecule has 0 radical (unpaired) electrons. The maximum atomic E-state index is 11.8. The molecule has 1 fully saturated rings. The molecule has 0 aliphatic carbocycles. The Morgan fingerprint density at radius 1 is 1.19 bits per heavy atom. The Hall–Kier alpha value is -2.08. The zero-order valence-electron chi connectivity index (χ0n) is 12.3. The molecule has 0 aromatic heterocycles. The first kappa shape index (κ1) is 15.3. The minimum atomic E-state index is -0.489. The van der Waals surface area contributed by atoms with E-state index < -0.39 is 6.04 Å². The van der Waals surface area contributed by atoms with Gasteiger partial charge in [-0.1, -0.05) is 6.07 Å².